The van der Waals surface area contributed by atoms with Crippen LogP contribution < -0.4 is 5.32 Å². The molecular formula is C7H12N2O. The first-order valence-electron chi connectivity index (χ1n) is 3.35. The van der Waals surface area contributed by atoms with Crippen molar-refractivity contribution in [3.63, 3.8) is 0 Å². The van der Waals surface area contributed by atoms with Crippen molar-refractivity contribution in [2.75, 3.05) is 20.6 Å². The Kier molecular flexibility index (Phi) is 1.94. The fraction of sp³-hybridized carbons (Fsp3) is 0.571. The Morgan fingerprint density at radius 2 is 2.30 bits per heavy atom. The maximum absolute atomic E-state index is 10.9. The summed E-state index contributed by atoms with van der Waals surface area (Å²) in [7, 11) is 3.83. The molecule has 1 aliphatic rings. The van der Waals surface area contributed by atoms with Gasteiger partial charge in [0.2, 0.25) is 5.91 Å². The molecule has 0 aliphatic carbocycles. The quantitative estimate of drug-likeness (QED) is 0.518. The zero-order valence-corrected chi connectivity index (χ0v) is 6.35. The average molecular weight is 140 g/mol. The molecule has 1 rings (SSSR count). The number of rotatable bonds is 1. The van der Waals surface area contributed by atoms with Gasteiger partial charge in [-0.25, -0.2) is 0 Å². The Bertz CT molecular complexity index is 172. The molecule has 0 aromatic carbocycles. The molecule has 1 N–H and O–H groups in total. The van der Waals surface area contributed by atoms with Gasteiger partial charge in [-0.05, 0) is 6.42 Å². The summed E-state index contributed by atoms with van der Waals surface area (Å²) in [5, 5.41) is 2.74. The lowest BCUT2D eigenvalue weighted by Gasteiger charge is -2.04. The summed E-state index contributed by atoms with van der Waals surface area (Å²) in [4.78, 5) is 12.8. The van der Waals surface area contributed by atoms with E-state index in [9.17, 15) is 4.79 Å². The SMILES string of the molecule is CN(C)C=C1CCNC1=O. The maximum Gasteiger partial charge on any atom is 0.248 e. The van der Waals surface area contributed by atoms with Gasteiger partial charge in [-0.1, -0.05) is 0 Å². The molecule has 0 bridgehead atoms. The zero-order valence-electron chi connectivity index (χ0n) is 6.35. The average Bonchev–Trinajstić information content (AvgIpc) is 2.15. The van der Waals surface area contributed by atoms with Crippen LogP contribution in [0.4, 0.5) is 0 Å². The van der Waals surface area contributed by atoms with E-state index in [1.165, 1.54) is 0 Å². The summed E-state index contributed by atoms with van der Waals surface area (Å²) < 4.78 is 0. The Balaban J connectivity index is 2.62. The van der Waals surface area contributed by atoms with E-state index in [4.69, 9.17) is 0 Å². The van der Waals surface area contributed by atoms with E-state index in [1.54, 1.807) is 0 Å². The summed E-state index contributed by atoms with van der Waals surface area (Å²) >= 11 is 0. The number of nitrogens with zero attached hydrogens (tertiary/aromatic N) is 1. The van der Waals surface area contributed by atoms with Gasteiger partial charge >= 0.3 is 0 Å². The minimum Gasteiger partial charge on any atom is -0.383 e. The molecule has 0 radical (unpaired) electrons. The molecule has 1 amide bonds. The first kappa shape index (κ1) is 7.12. The van der Waals surface area contributed by atoms with Crippen LogP contribution in [0.25, 0.3) is 0 Å². The van der Waals surface area contributed by atoms with Crippen LogP contribution in [0, 0.1) is 0 Å². The molecule has 3 nitrogen and oxygen atoms in total. The van der Waals surface area contributed by atoms with Crippen LogP contribution in [0.15, 0.2) is 11.8 Å². The highest BCUT2D eigenvalue weighted by Gasteiger charge is 2.15. The third kappa shape index (κ3) is 1.50. The molecule has 0 unspecified atom stereocenters. The Morgan fingerprint density at radius 1 is 1.60 bits per heavy atom. The van der Waals surface area contributed by atoms with Crippen molar-refractivity contribution in [2.24, 2.45) is 0 Å². The van der Waals surface area contributed by atoms with Crippen LogP contribution >= 0.6 is 0 Å². The largest absolute Gasteiger partial charge is 0.383 e. The minimum absolute atomic E-state index is 0.0775. The van der Waals surface area contributed by atoms with Crippen LogP contribution in [0.1, 0.15) is 6.42 Å². The number of nitrogens with one attached hydrogen (secondary N) is 1. The zero-order chi connectivity index (χ0) is 7.56. The first-order chi connectivity index (χ1) is 4.70. The second kappa shape index (κ2) is 2.73. The molecule has 56 valence electrons. The normalized spacial score (nSPS) is 21.4. The van der Waals surface area contributed by atoms with Crippen molar-refractivity contribution in [3.8, 4) is 0 Å². The molecule has 1 fully saturated rings. The lowest BCUT2D eigenvalue weighted by atomic mass is 10.2. The molecule has 0 spiro atoms. The van der Waals surface area contributed by atoms with Crippen LogP contribution in [0.3, 0.4) is 0 Å². The fourth-order valence-electron chi connectivity index (χ4n) is 0.973. The van der Waals surface area contributed by atoms with Crippen molar-refractivity contribution < 1.29 is 4.79 Å². The van der Waals surface area contributed by atoms with Crippen molar-refractivity contribution in [3.05, 3.63) is 11.8 Å². The van der Waals surface area contributed by atoms with Crippen molar-refractivity contribution in [1.29, 1.82) is 0 Å². The highest BCUT2D eigenvalue weighted by Crippen LogP contribution is 2.06. The minimum atomic E-state index is 0.0775. The van der Waals surface area contributed by atoms with E-state index < -0.39 is 0 Å². The molecule has 0 aromatic rings. The lowest BCUT2D eigenvalue weighted by Crippen LogP contribution is -2.15. The van der Waals surface area contributed by atoms with E-state index in [0.717, 1.165) is 18.5 Å². The first-order valence-corrected chi connectivity index (χ1v) is 3.35. The van der Waals surface area contributed by atoms with Crippen LogP contribution in [-0.4, -0.2) is 31.4 Å². The summed E-state index contributed by atoms with van der Waals surface area (Å²) in [5.41, 5.74) is 0.880. The van der Waals surface area contributed by atoms with Crippen molar-refractivity contribution in [2.45, 2.75) is 6.42 Å². The van der Waals surface area contributed by atoms with Gasteiger partial charge in [-0.2, -0.15) is 0 Å². The van der Waals surface area contributed by atoms with Gasteiger partial charge in [0.05, 0.1) is 0 Å². The molecule has 3 heteroatoms. The van der Waals surface area contributed by atoms with Crippen LogP contribution in [-0.2, 0) is 4.79 Å². The van der Waals surface area contributed by atoms with Gasteiger partial charge in [-0.15, -0.1) is 0 Å². The molecule has 0 atom stereocenters. The fourth-order valence-corrected chi connectivity index (χ4v) is 0.973. The molecule has 1 heterocycles. The maximum atomic E-state index is 10.9. The van der Waals surface area contributed by atoms with E-state index in [1.807, 2.05) is 25.2 Å². The number of hydrogen-bond donors (Lipinski definition) is 1. The molecular weight excluding hydrogens is 128 g/mol. The molecule has 10 heavy (non-hydrogen) atoms. The highest BCUT2D eigenvalue weighted by atomic mass is 16.2. The van der Waals surface area contributed by atoms with E-state index in [0.29, 0.717) is 0 Å². The van der Waals surface area contributed by atoms with Gasteiger partial charge in [-0.3, -0.25) is 4.79 Å². The number of hydrogen-bond acceptors (Lipinski definition) is 2. The Morgan fingerprint density at radius 3 is 2.70 bits per heavy atom. The topological polar surface area (TPSA) is 32.3 Å². The van der Waals surface area contributed by atoms with E-state index in [-0.39, 0.29) is 5.91 Å². The van der Waals surface area contributed by atoms with Gasteiger partial charge in [0.25, 0.3) is 0 Å². The number of carbonyl (C=O) groups is 1. The molecule has 1 saturated heterocycles. The van der Waals surface area contributed by atoms with Gasteiger partial charge < -0.3 is 10.2 Å². The Labute approximate surface area is 60.7 Å². The predicted molar refractivity (Wildman–Crippen MR) is 39.4 cm³/mol. The standard InChI is InChI=1S/C7H12N2O/c1-9(2)5-6-3-4-8-7(6)10/h5H,3-4H2,1-2H3,(H,8,10). The smallest absolute Gasteiger partial charge is 0.248 e. The second-order valence-electron chi connectivity index (χ2n) is 2.62. The molecule has 0 aromatic heterocycles. The monoisotopic (exact) mass is 140 g/mol. The van der Waals surface area contributed by atoms with E-state index in [2.05, 4.69) is 5.32 Å². The van der Waals surface area contributed by atoms with Gasteiger partial charge in [0.15, 0.2) is 0 Å². The van der Waals surface area contributed by atoms with Gasteiger partial charge in [0, 0.05) is 32.4 Å². The predicted octanol–water partition coefficient (Wildman–Crippen LogP) is -0.0482. The van der Waals surface area contributed by atoms with Crippen molar-refractivity contribution >= 4 is 5.91 Å². The summed E-state index contributed by atoms with van der Waals surface area (Å²) in [6.07, 6.45) is 2.72. The summed E-state index contributed by atoms with van der Waals surface area (Å²) in [6.45, 7) is 0.790. The molecule has 0 saturated carbocycles. The third-order valence-electron chi connectivity index (χ3n) is 1.39. The summed E-state index contributed by atoms with van der Waals surface area (Å²) in [5.74, 6) is 0.0775. The van der Waals surface area contributed by atoms with Gasteiger partial charge in [0.1, 0.15) is 0 Å². The van der Waals surface area contributed by atoms with Crippen LogP contribution in [0.5, 0.6) is 0 Å². The van der Waals surface area contributed by atoms with Crippen molar-refractivity contribution in [1.82, 2.24) is 10.2 Å². The van der Waals surface area contributed by atoms with Crippen LogP contribution in [0.2, 0.25) is 0 Å². The third-order valence-corrected chi connectivity index (χ3v) is 1.39. The highest BCUT2D eigenvalue weighted by molar-refractivity contribution is 5.95. The lowest BCUT2D eigenvalue weighted by molar-refractivity contribution is -0.116. The van der Waals surface area contributed by atoms with E-state index >= 15 is 0 Å². The number of carbonyl (C=O) groups excluding carboxylic acids is 1. The molecule has 1 aliphatic heterocycles. The Hall–Kier alpha value is -0.990. The summed E-state index contributed by atoms with van der Waals surface area (Å²) in [6, 6.07) is 0. The number of amides is 1. The second-order valence-corrected chi connectivity index (χ2v) is 2.62.